The van der Waals surface area contributed by atoms with Crippen molar-refractivity contribution in [2.75, 3.05) is 0 Å². The van der Waals surface area contributed by atoms with Crippen LogP contribution in [0, 0.1) is 0 Å². The lowest BCUT2D eigenvalue weighted by atomic mass is 10.1. The Bertz CT molecular complexity index is 492. The van der Waals surface area contributed by atoms with Gasteiger partial charge in [0.2, 0.25) is 0 Å². The molecule has 0 aliphatic heterocycles. The fourth-order valence-electron chi connectivity index (χ4n) is 2.64. The summed E-state index contributed by atoms with van der Waals surface area (Å²) in [6.07, 6.45) is 6.59. The molecule has 1 N–H and O–H groups in total. The van der Waals surface area contributed by atoms with Gasteiger partial charge < -0.3 is 9.67 Å². The zero-order valence-electron chi connectivity index (χ0n) is 9.66. The molecular weight excluding hydrogens is 212 g/mol. The lowest BCUT2D eigenvalue weighted by Crippen LogP contribution is -2.18. The van der Waals surface area contributed by atoms with Gasteiger partial charge in [-0.3, -0.25) is 0 Å². The van der Waals surface area contributed by atoms with E-state index in [1.807, 2.05) is 30.6 Å². The van der Waals surface area contributed by atoms with Gasteiger partial charge in [0, 0.05) is 18.0 Å². The first-order chi connectivity index (χ1) is 8.36. The molecule has 1 saturated carbocycles. The van der Waals surface area contributed by atoms with E-state index in [9.17, 15) is 5.11 Å². The molecule has 1 aliphatic rings. The molecule has 0 amide bonds. The minimum atomic E-state index is -0.230. The molecule has 0 radical (unpaired) electrons. The van der Waals surface area contributed by atoms with Crippen molar-refractivity contribution in [3.63, 3.8) is 0 Å². The zero-order chi connectivity index (χ0) is 11.7. The smallest absolute Gasteiger partial charge is 0.140 e. The predicted molar refractivity (Wildman–Crippen MR) is 66.6 cm³/mol. The summed E-state index contributed by atoms with van der Waals surface area (Å²) in [6, 6.07) is 10.3. The van der Waals surface area contributed by atoms with Crippen LogP contribution >= 0.6 is 0 Å². The van der Waals surface area contributed by atoms with E-state index >= 15 is 0 Å². The van der Waals surface area contributed by atoms with Crippen LogP contribution in [0.15, 0.2) is 42.7 Å². The van der Waals surface area contributed by atoms with Gasteiger partial charge in [-0.05, 0) is 19.3 Å². The molecule has 1 fully saturated rings. The van der Waals surface area contributed by atoms with Gasteiger partial charge in [-0.15, -0.1) is 0 Å². The Kier molecular flexibility index (Phi) is 2.69. The number of aliphatic hydroxyl groups is 1. The number of aliphatic hydroxyl groups excluding tert-OH is 1. The SMILES string of the molecule is O[C@H]1CCC[C@@H]1n1ccnc1-c1ccccc1. The molecule has 17 heavy (non-hydrogen) atoms. The second-order valence-corrected chi connectivity index (χ2v) is 4.59. The van der Waals surface area contributed by atoms with Crippen LogP contribution in [0.5, 0.6) is 0 Å². The maximum atomic E-state index is 9.98. The van der Waals surface area contributed by atoms with Gasteiger partial charge in [0.15, 0.2) is 0 Å². The average Bonchev–Trinajstić information content (AvgIpc) is 2.98. The summed E-state index contributed by atoms with van der Waals surface area (Å²) in [5.41, 5.74) is 1.11. The highest BCUT2D eigenvalue weighted by molar-refractivity contribution is 5.55. The first kappa shape index (κ1) is 10.5. The van der Waals surface area contributed by atoms with E-state index in [0.29, 0.717) is 0 Å². The molecule has 0 spiro atoms. The molecular formula is C14H16N2O. The van der Waals surface area contributed by atoms with Crippen LogP contribution in [0.1, 0.15) is 25.3 Å². The van der Waals surface area contributed by atoms with E-state index in [4.69, 9.17) is 0 Å². The summed E-state index contributed by atoms with van der Waals surface area (Å²) >= 11 is 0. The fourth-order valence-corrected chi connectivity index (χ4v) is 2.64. The first-order valence-corrected chi connectivity index (χ1v) is 6.12. The number of hydrogen-bond acceptors (Lipinski definition) is 2. The monoisotopic (exact) mass is 228 g/mol. The first-order valence-electron chi connectivity index (χ1n) is 6.12. The van der Waals surface area contributed by atoms with Crippen molar-refractivity contribution in [1.29, 1.82) is 0 Å². The van der Waals surface area contributed by atoms with Crippen LogP contribution in [0.4, 0.5) is 0 Å². The molecule has 2 aromatic rings. The topological polar surface area (TPSA) is 38.0 Å². The normalized spacial score (nSPS) is 24.1. The van der Waals surface area contributed by atoms with Gasteiger partial charge in [0.05, 0.1) is 12.1 Å². The van der Waals surface area contributed by atoms with E-state index in [1.54, 1.807) is 0 Å². The van der Waals surface area contributed by atoms with Crippen LogP contribution in [0.3, 0.4) is 0 Å². The third kappa shape index (κ3) is 1.87. The Balaban J connectivity index is 2.00. The summed E-state index contributed by atoms with van der Waals surface area (Å²) in [6.45, 7) is 0. The Morgan fingerprint density at radius 2 is 2.00 bits per heavy atom. The highest BCUT2D eigenvalue weighted by Crippen LogP contribution is 2.33. The fraction of sp³-hybridized carbons (Fsp3) is 0.357. The number of aromatic nitrogens is 2. The second kappa shape index (κ2) is 4.34. The van der Waals surface area contributed by atoms with E-state index < -0.39 is 0 Å². The van der Waals surface area contributed by atoms with Crippen LogP contribution in [0.25, 0.3) is 11.4 Å². The maximum Gasteiger partial charge on any atom is 0.140 e. The predicted octanol–water partition coefficient (Wildman–Crippen LogP) is 2.64. The Hall–Kier alpha value is -1.61. The third-order valence-electron chi connectivity index (χ3n) is 3.50. The van der Waals surface area contributed by atoms with Crippen molar-refractivity contribution in [3.8, 4) is 11.4 Å². The number of imidazole rings is 1. The summed E-state index contributed by atoms with van der Waals surface area (Å²) in [4.78, 5) is 4.42. The molecule has 0 unspecified atom stereocenters. The molecule has 1 aromatic heterocycles. The van der Waals surface area contributed by atoms with Crippen molar-refractivity contribution >= 4 is 0 Å². The van der Waals surface area contributed by atoms with Gasteiger partial charge in [0.25, 0.3) is 0 Å². The van der Waals surface area contributed by atoms with Crippen molar-refractivity contribution < 1.29 is 5.11 Å². The zero-order valence-corrected chi connectivity index (χ0v) is 9.66. The molecule has 3 heteroatoms. The largest absolute Gasteiger partial charge is 0.391 e. The van der Waals surface area contributed by atoms with Crippen LogP contribution in [0.2, 0.25) is 0 Å². The minimum absolute atomic E-state index is 0.188. The Labute approximate surface area is 101 Å². The third-order valence-corrected chi connectivity index (χ3v) is 3.50. The molecule has 0 bridgehead atoms. The van der Waals surface area contributed by atoms with Gasteiger partial charge in [-0.1, -0.05) is 30.3 Å². The van der Waals surface area contributed by atoms with Gasteiger partial charge in [-0.2, -0.15) is 0 Å². The van der Waals surface area contributed by atoms with Crippen molar-refractivity contribution in [1.82, 2.24) is 9.55 Å². The van der Waals surface area contributed by atoms with Crippen LogP contribution < -0.4 is 0 Å². The lowest BCUT2D eigenvalue weighted by Gasteiger charge is -2.18. The van der Waals surface area contributed by atoms with Crippen molar-refractivity contribution in [3.05, 3.63) is 42.7 Å². The molecule has 1 aliphatic carbocycles. The number of benzene rings is 1. The molecule has 1 aromatic carbocycles. The molecule has 0 saturated heterocycles. The molecule has 1 heterocycles. The number of rotatable bonds is 2. The van der Waals surface area contributed by atoms with Crippen LogP contribution in [-0.4, -0.2) is 20.8 Å². The van der Waals surface area contributed by atoms with E-state index in [1.165, 1.54) is 0 Å². The van der Waals surface area contributed by atoms with Crippen LogP contribution in [-0.2, 0) is 0 Å². The van der Waals surface area contributed by atoms with Gasteiger partial charge in [0.1, 0.15) is 5.82 Å². The average molecular weight is 228 g/mol. The van der Waals surface area contributed by atoms with Crippen molar-refractivity contribution in [2.45, 2.75) is 31.4 Å². The summed E-state index contributed by atoms with van der Waals surface area (Å²) in [5.74, 6) is 0.955. The van der Waals surface area contributed by atoms with Gasteiger partial charge >= 0.3 is 0 Å². The lowest BCUT2D eigenvalue weighted by molar-refractivity contribution is 0.137. The summed E-state index contributed by atoms with van der Waals surface area (Å²) in [5, 5.41) is 9.98. The quantitative estimate of drug-likeness (QED) is 0.858. The summed E-state index contributed by atoms with van der Waals surface area (Å²) in [7, 11) is 0. The highest BCUT2D eigenvalue weighted by atomic mass is 16.3. The van der Waals surface area contributed by atoms with Gasteiger partial charge in [-0.25, -0.2) is 4.98 Å². The second-order valence-electron chi connectivity index (χ2n) is 4.59. The summed E-state index contributed by atoms with van der Waals surface area (Å²) < 4.78 is 2.12. The van der Waals surface area contributed by atoms with E-state index in [0.717, 1.165) is 30.7 Å². The maximum absolute atomic E-state index is 9.98. The van der Waals surface area contributed by atoms with E-state index in [-0.39, 0.29) is 12.1 Å². The van der Waals surface area contributed by atoms with Crippen molar-refractivity contribution in [2.24, 2.45) is 0 Å². The van der Waals surface area contributed by atoms with E-state index in [2.05, 4.69) is 21.7 Å². The molecule has 88 valence electrons. The Morgan fingerprint density at radius 1 is 1.18 bits per heavy atom. The molecule has 3 nitrogen and oxygen atoms in total. The minimum Gasteiger partial charge on any atom is -0.391 e. The molecule has 3 rings (SSSR count). The standard InChI is InChI=1S/C14H16N2O/c17-13-8-4-7-12(13)16-10-9-15-14(16)11-5-2-1-3-6-11/h1-3,5-6,9-10,12-13,17H,4,7-8H2/t12-,13-/m0/s1. The Morgan fingerprint density at radius 3 is 2.71 bits per heavy atom. The molecule has 2 atom stereocenters. The number of nitrogens with zero attached hydrogens (tertiary/aromatic N) is 2. The number of hydrogen-bond donors (Lipinski definition) is 1. The highest BCUT2D eigenvalue weighted by Gasteiger charge is 2.28.